The number of aliphatic imine (C=N–C) groups is 1. The molecule has 1 heterocycles. The van der Waals surface area contributed by atoms with Gasteiger partial charge >= 0.3 is 0 Å². The van der Waals surface area contributed by atoms with Crippen LogP contribution in [0.1, 0.15) is 33.1 Å². The molecular weight excluding hydrogens is 439 g/mol. The van der Waals surface area contributed by atoms with E-state index >= 15 is 0 Å². The summed E-state index contributed by atoms with van der Waals surface area (Å²) in [7, 11) is 3.48. The van der Waals surface area contributed by atoms with Gasteiger partial charge in [-0.2, -0.15) is 11.8 Å². The summed E-state index contributed by atoms with van der Waals surface area (Å²) in [5.41, 5.74) is 0. The van der Waals surface area contributed by atoms with Crippen molar-refractivity contribution in [1.82, 2.24) is 15.5 Å². The third-order valence-corrected chi connectivity index (χ3v) is 5.13. The highest BCUT2D eigenvalue weighted by Gasteiger charge is 2.18. The molecule has 0 bridgehead atoms. The lowest BCUT2D eigenvalue weighted by Crippen LogP contribution is -2.46. The van der Waals surface area contributed by atoms with Crippen LogP contribution in [-0.2, 0) is 9.53 Å². The van der Waals surface area contributed by atoms with Gasteiger partial charge < -0.3 is 20.3 Å². The summed E-state index contributed by atoms with van der Waals surface area (Å²) in [4.78, 5) is 17.7. The number of hydrogen-bond donors (Lipinski definition) is 2. The Bertz CT molecular complexity index is 400. The fourth-order valence-electron chi connectivity index (χ4n) is 2.01. The number of nitrogens with zero attached hydrogens (tertiary/aromatic N) is 2. The minimum absolute atomic E-state index is 0. The molecule has 6 nitrogen and oxygen atoms in total. The van der Waals surface area contributed by atoms with Gasteiger partial charge in [0.25, 0.3) is 0 Å². The molecule has 1 aliphatic heterocycles. The van der Waals surface area contributed by atoms with Crippen LogP contribution in [0.5, 0.6) is 0 Å². The van der Waals surface area contributed by atoms with Crippen molar-refractivity contribution >= 4 is 47.6 Å². The number of hydrogen-bond acceptors (Lipinski definition) is 4. The second-order valence-electron chi connectivity index (χ2n) is 6.64. The van der Waals surface area contributed by atoms with E-state index < -0.39 is 0 Å². The number of halogens is 1. The lowest BCUT2D eigenvalue weighted by atomic mass is 10.1. The van der Waals surface area contributed by atoms with Crippen molar-refractivity contribution in [3.8, 4) is 0 Å². The first-order chi connectivity index (χ1) is 10.8. The standard InChI is InChI=1S/C16H32N4O2S.HI/c1-16(2,23-5)12-19-15(18-11-14(21)20(3)4)17-10-13-8-6-7-9-22-13;/h13H,6-12H2,1-5H3,(H2,17,18,19);1H. The van der Waals surface area contributed by atoms with E-state index in [1.165, 1.54) is 6.42 Å². The number of thioether (sulfide) groups is 1. The molecule has 0 aromatic carbocycles. The van der Waals surface area contributed by atoms with Gasteiger partial charge in [-0.1, -0.05) is 0 Å². The monoisotopic (exact) mass is 472 g/mol. The first kappa shape index (κ1) is 23.8. The Morgan fingerprint density at radius 3 is 2.58 bits per heavy atom. The molecule has 0 spiro atoms. The fraction of sp³-hybridized carbons (Fsp3) is 0.875. The molecule has 1 rings (SSSR count). The van der Waals surface area contributed by atoms with Gasteiger partial charge in [0, 0.05) is 38.5 Å². The van der Waals surface area contributed by atoms with Gasteiger partial charge in [0.05, 0.1) is 6.10 Å². The Morgan fingerprint density at radius 2 is 2.04 bits per heavy atom. The van der Waals surface area contributed by atoms with Crippen molar-refractivity contribution in [1.29, 1.82) is 0 Å². The number of carbonyl (C=O) groups is 1. The Hall–Kier alpha value is -0.220. The van der Waals surface area contributed by atoms with E-state index in [9.17, 15) is 4.79 Å². The Balaban J connectivity index is 0.00000529. The molecule has 8 heteroatoms. The van der Waals surface area contributed by atoms with E-state index in [4.69, 9.17) is 4.74 Å². The summed E-state index contributed by atoms with van der Waals surface area (Å²) in [6, 6.07) is 0. The van der Waals surface area contributed by atoms with Crippen LogP contribution >= 0.6 is 35.7 Å². The van der Waals surface area contributed by atoms with E-state index in [1.54, 1.807) is 30.8 Å². The molecule has 1 fully saturated rings. The third-order valence-electron chi connectivity index (χ3n) is 3.88. The summed E-state index contributed by atoms with van der Waals surface area (Å²) in [5.74, 6) is 0.667. The first-order valence-electron chi connectivity index (χ1n) is 8.23. The smallest absolute Gasteiger partial charge is 0.243 e. The van der Waals surface area contributed by atoms with Gasteiger partial charge in [-0.25, -0.2) is 4.99 Å². The molecule has 1 aliphatic rings. The number of likely N-dealkylation sites (N-methyl/N-ethyl adjacent to an activating group) is 1. The highest BCUT2D eigenvalue weighted by Crippen LogP contribution is 2.19. The van der Waals surface area contributed by atoms with Crippen molar-refractivity contribution < 1.29 is 9.53 Å². The molecule has 0 saturated carbocycles. The van der Waals surface area contributed by atoms with Gasteiger partial charge in [0.15, 0.2) is 5.96 Å². The number of ether oxygens (including phenoxy) is 1. The lowest BCUT2D eigenvalue weighted by molar-refractivity contribution is -0.127. The third kappa shape index (κ3) is 9.93. The maximum atomic E-state index is 11.7. The van der Waals surface area contributed by atoms with Crippen molar-refractivity contribution in [3.63, 3.8) is 0 Å². The maximum absolute atomic E-state index is 11.7. The van der Waals surface area contributed by atoms with E-state index in [1.807, 2.05) is 0 Å². The first-order valence-corrected chi connectivity index (χ1v) is 9.45. The van der Waals surface area contributed by atoms with Crippen LogP contribution in [-0.4, -0.2) is 74.2 Å². The predicted octanol–water partition coefficient (Wildman–Crippen LogP) is 1.94. The van der Waals surface area contributed by atoms with Gasteiger partial charge in [0.2, 0.25) is 5.91 Å². The second-order valence-corrected chi connectivity index (χ2v) is 8.15. The van der Waals surface area contributed by atoms with E-state index in [-0.39, 0.29) is 47.3 Å². The highest BCUT2D eigenvalue weighted by molar-refractivity contribution is 14.0. The zero-order valence-corrected chi connectivity index (χ0v) is 18.7. The molecule has 1 saturated heterocycles. The summed E-state index contributed by atoms with van der Waals surface area (Å²) >= 11 is 1.80. The summed E-state index contributed by atoms with van der Waals surface area (Å²) in [5, 5.41) is 6.65. The average molecular weight is 472 g/mol. The molecule has 0 aromatic heterocycles. The second kappa shape index (κ2) is 12.2. The van der Waals surface area contributed by atoms with Crippen molar-refractivity contribution in [3.05, 3.63) is 0 Å². The summed E-state index contributed by atoms with van der Waals surface area (Å²) in [6.07, 6.45) is 5.76. The van der Waals surface area contributed by atoms with Crippen LogP contribution in [0, 0.1) is 0 Å². The molecule has 1 amide bonds. The van der Waals surface area contributed by atoms with Crippen LogP contribution in [0.25, 0.3) is 0 Å². The SMILES string of the molecule is CSC(C)(C)CNC(=NCC(=O)N(C)C)NCC1CCCCO1.I. The van der Waals surface area contributed by atoms with Crippen molar-refractivity contribution in [2.24, 2.45) is 4.99 Å². The minimum atomic E-state index is -0.0101. The molecule has 2 N–H and O–H groups in total. The Morgan fingerprint density at radius 1 is 1.33 bits per heavy atom. The zero-order chi connectivity index (χ0) is 17.3. The molecule has 24 heavy (non-hydrogen) atoms. The number of rotatable bonds is 7. The van der Waals surface area contributed by atoms with E-state index in [2.05, 4.69) is 35.7 Å². The number of carbonyl (C=O) groups excluding carboxylic acids is 1. The molecule has 1 atom stereocenters. The van der Waals surface area contributed by atoms with Gasteiger partial charge in [0.1, 0.15) is 6.54 Å². The molecule has 0 aromatic rings. The zero-order valence-electron chi connectivity index (χ0n) is 15.6. The predicted molar refractivity (Wildman–Crippen MR) is 114 cm³/mol. The molecule has 1 unspecified atom stereocenters. The van der Waals surface area contributed by atoms with E-state index in [0.29, 0.717) is 5.96 Å². The largest absolute Gasteiger partial charge is 0.376 e. The van der Waals surface area contributed by atoms with Gasteiger partial charge in [-0.3, -0.25) is 4.79 Å². The average Bonchev–Trinajstić information content (AvgIpc) is 2.54. The molecule has 142 valence electrons. The lowest BCUT2D eigenvalue weighted by Gasteiger charge is -2.26. The molecular formula is C16H33IN4O2S. The summed E-state index contributed by atoms with van der Waals surface area (Å²) in [6.45, 7) is 6.84. The van der Waals surface area contributed by atoms with Gasteiger partial charge in [-0.05, 0) is 39.4 Å². The van der Waals surface area contributed by atoms with Crippen molar-refractivity contribution in [2.45, 2.75) is 44.0 Å². The number of guanidine groups is 1. The van der Waals surface area contributed by atoms with Crippen LogP contribution in [0.3, 0.4) is 0 Å². The maximum Gasteiger partial charge on any atom is 0.243 e. The van der Waals surface area contributed by atoms with E-state index in [0.717, 1.165) is 32.5 Å². The fourth-order valence-corrected chi connectivity index (χ4v) is 2.23. The van der Waals surface area contributed by atoms with Crippen molar-refractivity contribution in [2.75, 3.05) is 46.6 Å². The summed E-state index contributed by atoms with van der Waals surface area (Å²) < 4.78 is 5.84. The van der Waals surface area contributed by atoms with Crippen LogP contribution in [0.2, 0.25) is 0 Å². The number of amides is 1. The Kier molecular flexibility index (Phi) is 12.1. The highest BCUT2D eigenvalue weighted by atomic mass is 127. The normalized spacial score (nSPS) is 18.5. The number of nitrogens with one attached hydrogen (secondary N) is 2. The van der Waals surface area contributed by atoms with Crippen LogP contribution in [0.4, 0.5) is 0 Å². The Labute approximate surface area is 168 Å². The minimum Gasteiger partial charge on any atom is -0.376 e. The molecule has 0 radical (unpaired) electrons. The van der Waals surface area contributed by atoms with Gasteiger partial charge in [-0.15, -0.1) is 24.0 Å². The topological polar surface area (TPSA) is 66.0 Å². The van der Waals surface area contributed by atoms with Crippen LogP contribution in [0.15, 0.2) is 4.99 Å². The molecule has 0 aliphatic carbocycles. The quantitative estimate of drug-likeness (QED) is 0.337. The van der Waals surface area contributed by atoms with Crippen LogP contribution < -0.4 is 10.6 Å².